The molecule has 18 heavy (non-hydrogen) atoms. The van der Waals surface area contributed by atoms with Crippen LogP contribution in [-0.2, 0) is 6.54 Å². The summed E-state index contributed by atoms with van der Waals surface area (Å²) in [6.07, 6.45) is 2.06. The summed E-state index contributed by atoms with van der Waals surface area (Å²) in [5, 5.41) is 3.39. The number of piperidine rings is 1. The molecule has 102 valence electrons. The highest BCUT2D eigenvalue weighted by molar-refractivity contribution is 5.06. The molecule has 1 aliphatic rings. The van der Waals surface area contributed by atoms with E-state index in [0.717, 1.165) is 25.1 Å². The lowest BCUT2D eigenvalue weighted by Crippen LogP contribution is -2.28. The maximum atomic E-state index is 12.1. The van der Waals surface area contributed by atoms with Crippen molar-refractivity contribution in [2.45, 2.75) is 50.9 Å². The van der Waals surface area contributed by atoms with Crippen LogP contribution in [0.2, 0.25) is 0 Å². The molecule has 1 aromatic rings. The summed E-state index contributed by atoms with van der Waals surface area (Å²) < 4.78 is 38.1. The largest absolute Gasteiger partial charge is 0.389 e. The molecule has 1 atom stereocenters. The van der Waals surface area contributed by atoms with E-state index in [2.05, 4.69) is 10.3 Å². The molecule has 1 fully saturated rings. The van der Waals surface area contributed by atoms with Crippen molar-refractivity contribution in [2.75, 3.05) is 6.54 Å². The zero-order chi connectivity index (χ0) is 13.0. The Morgan fingerprint density at radius 3 is 2.89 bits per heavy atom. The third kappa shape index (κ3) is 3.73. The lowest BCUT2D eigenvalue weighted by atomic mass is 10.0. The van der Waals surface area contributed by atoms with Gasteiger partial charge in [0.2, 0.25) is 0 Å². The quantitative estimate of drug-likeness (QED) is 0.902. The number of halogens is 3. The number of alkyl halides is 3. The average Bonchev–Trinajstić information content (AvgIpc) is 2.77. The van der Waals surface area contributed by atoms with Crippen LogP contribution in [-0.4, -0.2) is 22.3 Å². The lowest BCUT2D eigenvalue weighted by molar-refractivity contribution is -0.135. The Morgan fingerprint density at radius 1 is 1.39 bits per heavy atom. The van der Waals surface area contributed by atoms with Gasteiger partial charge in [0, 0.05) is 25.2 Å². The number of nitrogens with zero attached hydrogens (tertiary/aromatic N) is 2. The van der Waals surface area contributed by atoms with Gasteiger partial charge in [-0.25, -0.2) is 4.98 Å². The molecule has 1 aromatic heterocycles. The van der Waals surface area contributed by atoms with Crippen molar-refractivity contribution in [2.24, 2.45) is 0 Å². The van der Waals surface area contributed by atoms with E-state index in [-0.39, 0.29) is 12.5 Å². The molecular formula is C12H18F3N3. The minimum Gasteiger partial charge on any atom is -0.333 e. The average molecular weight is 261 g/mol. The van der Waals surface area contributed by atoms with Crippen molar-refractivity contribution in [1.29, 1.82) is 0 Å². The highest BCUT2D eigenvalue weighted by Crippen LogP contribution is 2.25. The van der Waals surface area contributed by atoms with Crippen LogP contribution < -0.4 is 5.32 Å². The normalized spacial score (nSPS) is 21.2. The van der Waals surface area contributed by atoms with Gasteiger partial charge in [0.1, 0.15) is 0 Å². The first-order chi connectivity index (χ1) is 8.56. The zero-order valence-corrected chi connectivity index (χ0v) is 10.2. The van der Waals surface area contributed by atoms with E-state index in [1.807, 2.05) is 4.57 Å². The Hall–Kier alpha value is -1.04. The molecule has 0 aliphatic carbocycles. The fraction of sp³-hybridized carbons (Fsp3) is 0.750. The van der Waals surface area contributed by atoms with E-state index in [1.165, 1.54) is 6.42 Å². The van der Waals surface area contributed by atoms with Crippen LogP contribution in [0, 0.1) is 0 Å². The molecule has 1 saturated heterocycles. The first kappa shape index (κ1) is 13.4. The van der Waals surface area contributed by atoms with Gasteiger partial charge in [-0.3, -0.25) is 0 Å². The second-order valence-corrected chi connectivity index (χ2v) is 4.73. The van der Waals surface area contributed by atoms with Crippen LogP contribution in [0.25, 0.3) is 0 Å². The van der Waals surface area contributed by atoms with Crippen molar-refractivity contribution < 1.29 is 13.2 Å². The smallest absolute Gasteiger partial charge is 0.333 e. The highest BCUT2D eigenvalue weighted by atomic mass is 19.4. The summed E-state index contributed by atoms with van der Waals surface area (Å²) in [5.74, 6) is 0. The number of nitrogens with one attached hydrogen (secondary N) is 1. The van der Waals surface area contributed by atoms with Crippen LogP contribution in [0.5, 0.6) is 0 Å². The summed E-state index contributed by atoms with van der Waals surface area (Å²) in [6, 6.07) is 0.243. The number of hydrogen-bond acceptors (Lipinski definition) is 2. The topological polar surface area (TPSA) is 29.9 Å². The van der Waals surface area contributed by atoms with Crippen LogP contribution >= 0.6 is 0 Å². The summed E-state index contributed by atoms with van der Waals surface area (Å²) in [5.41, 5.74) is 1.01. The number of aryl methyl sites for hydroxylation is 1. The number of rotatable bonds is 4. The fourth-order valence-electron chi connectivity index (χ4n) is 2.36. The first-order valence-corrected chi connectivity index (χ1v) is 6.36. The molecule has 0 spiro atoms. The first-order valence-electron chi connectivity index (χ1n) is 6.36. The van der Waals surface area contributed by atoms with Crippen molar-refractivity contribution >= 4 is 0 Å². The Labute approximate surface area is 104 Å². The van der Waals surface area contributed by atoms with Gasteiger partial charge in [0.05, 0.1) is 12.0 Å². The van der Waals surface area contributed by atoms with Gasteiger partial charge in [-0.2, -0.15) is 13.2 Å². The van der Waals surface area contributed by atoms with Crippen LogP contribution in [0.3, 0.4) is 0 Å². The number of imidazole rings is 1. The van der Waals surface area contributed by atoms with Gasteiger partial charge in [-0.15, -0.1) is 0 Å². The van der Waals surface area contributed by atoms with Crippen LogP contribution in [0.1, 0.15) is 43.8 Å². The molecule has 1 unspecified atom stereocenters. The second kappa shape index (κ2) is 5.73. The monoisotopic (exact) mass is 261 g/mol. The van der Waals surface area contributed by atoms with Crippen molar-refractivity contribution in [1.82, 2.24) is 14.9 Å². The fourth-order valence-corrected chi connectivity index (χ4v) is 2.36. The molecule has 1 aliphatic heterocycles. The van der Waals surface area contributed by atoms with Crippen LogP contribution in [0.4, 0.5) is 13.2 Å². The molecule has 0 saturated carbocycles. The Bertz CT molecular complexity index is 367. The molecule has 3 nitrogen and oxygen atoms in total. The summed E-state index contributed by atoms with van der Waals surface area (Å²) in [6.45, 7) is 1.35. The maximum Gasteiger partial charge on any atom is 0.389 e. The van der Waals surface area contributed by atoms with Crippen molar-refractivity contribution in [3.8, 4) is 0 Å². The standard InChI is InChI=1S/C12H18F3N3/c13-12(14,15)5-3-7-18-9-16-8-11(18)10-4-1-2-6-17-10/h8-10,17H,1-7H2. The number of aromatic nitrogens is 2. The van der Waals surface area contributed by atoms with Gasteiger partial charge < -0.3 is 9.88 Å². The van der Waals surface area contributed by atoms with Crippen molar-refractivity contribution in [3.05, 3.63) is 18.2 Å². The Kier molecular flexibility index (Phi) is 4.27. The lowest BCUT2D eigenvalue weighted by Gasteiger charge is -2.24. The van der Waals surface area contributed by atoms with E-state index >= 15 is 0 Å². The molecule has 2 heterocycles. The molecule has 2 rings (SSSR count). The molecule has 6 heteroatoms. The van der Waals surface area contributed by atoms with Gasteiger partial charge >= 0.3 is 6.18 Å². The highest BCUT2D eigenvalue weighted by Gasteiger charge is 2.26. The van der Waals surface area contributed by atoms with Gasteiger partial charge in [-0.05, 0) is 25.8 Å². The number of hydrogen-bond donors (Lipinski definition) is 1. The maximum absolute atomic E-state index is 12.1. The third-order valence-electron chi connectivity index (χ3n) is 3.27. The van der Waals surface area contributed by atoms with E-state index in [4.69, 9.17) is 0 Å². The van der Waals surface area contributed by atoms with E-state index < -0.39 is 12.6 Å². The zero-order valence-electron chi connectivity index (χ0n) is 10.2. The minimum absolute atomic E-state index is 0.111. The second-order valence-electron chi connectivity index (χ2n) is 4.73. The predicted molar refractivity (Wildman–Crippen MR) is 62.1 cm³/mol. The summed E-state index contributed by atoms with van der Waals surface area (Å²) >= 11 is 0. The van der Waals surface area contributed by atoms with Gasteiger partial charge in [0.25, 0.3) is 0 Å². The van der Waals surface area contributed by atoms with Gasteiger partial charge in [0.15, 0.2) is 0 Å². The SMILES string of the molecule is FC(F)(F)CCCn1cncc1C1CCCCN1. The minimum atomic E-state index is -4.07. The third-order valence-corrected chi connectivity index (χ3v) is 3.27. The molecular weight excluding hydrogens is 243 g/mol. The van der Waals surface area contributed by atoms with E-state index in [0.29, 0.717) is 6.54 Å². The van der Waals surface area contributed by atoms with Gasteiger partial charge in [-0.1, -0.05) is 6.42 Å². The van der Waals surface area contributed by atoms with E-state index in [1.54, 1.807) is 12.5 Å². The van der Waals surface area contributed by atoms with Crippen molar-refractivity contribution in [3.63, 3.8) is 0 Å². The summed E-state index contributed by atoms with van der Waals surface area (Å²) in [7, 11) is 0. The molecule has 0 amide bonds. The molecule has 0 radical (unpaired) electrons. The summed E-state index contributed by atoms with van der Waals surface area (Å²) in [4.78, 5) is 4.05. The molecule has 1 N–H and O–H groups in total. The Balaban J connectivity index is 1.91. The van der Waals surface area contributed by atoms with E-state index in [9.17, 15) is 13.2 Å². The molecule has 0 aromatic carbocycles. The molecule has 0 bridgehead atoms. The van der Waals surface area contributed by atoms with Crippen LogP contribution in [0.15, 0.2) is 12.5 Å². The predicted octanol–water partition coefficient (Wildman–Crippen LogP) is 3.04. The Morgan fingerprint density at radius 2 is 2.22 bits per heavy atom.